The lowest BCUT2D eigenvalue weighted by atomic mass is 9.97. The van der Waals surface area contributed by atoms with Crippen LogP contribution < -0.4 is 16.6 Å². The lowest BCUT2D eigenvalue weighted by molar-refractivity contribution is -0.136. The number of carbonyl (C=O) groups is 1. The summed E-state index contributed by atoms with van der Waals surface area (Å²) in [5.74, 6) is 0. The number of nitrogens with zero attached hydrogens (tertiary/aromatic N) is 3. The number of thiophene rings is 1. The van der Waals surface area contributed by atoms with Gasteiger partial charge in [0.15, 0.2) is 0 Å². The molecule has 0 atom stereocenters. The molecule has 1 fully saturated rings. The molecular formula is C19H25F3N4O3S. The van der Waals surface area contributed by atoms with Gasteiger partial charge >= 0.3 is 17.9 Å². The molecule has 1 saturated heterocycles. The molecule has 3 heterocycles. The average molecular weight is 446 g/mol. The number of amides is 2. The molecular weight excluding hydrogens is 421 g/mol. The van der Waals surface area contributed by atoms with Crippen molar-refractivity contribution in [1.82, 2.24) is 19.4 Å². The minimum atomic E-state index is -4.43. The first-order chi connectivity index (χ1) is 13.8. The summed E-state index contributed by atoms with van der Waals surface area (Å²) in [5.41, 5.74) is -1.06. The average Bonchev–Trinajstić information content (AvgIpc) is 3.14. The van der Waals surface area contributed by atoms with Crippen LogP contribution in [0.25, 0.3) is 10.2 Å². The zero-order chi connectivity index (χ0) is 22.4. The molecule has 7 nitrogen and oxygen atoms in total. The number of fused-ring (bicyclic) bond motifs is 1. The fraction of sp³-hybridized carbons (Fsp3) is 0.632. The van der Waals surface area contributed by atoms with Crippen molar-refractivity contribution >= 4 is 27.6 Å². The molecule has 1 N–H and O–H groups in total. The lowest BCUT2D eigenvalue weighted by Crippen LogP contribution is -2.42. The van der Waals surface area contributed by atoms with Crippen molar-refractivity contribution in [2.75, 3.05) is 13.1 Å². The highest BCUT2D eigenvalue weighted by Crippen LogP contribution is 2.30. The van der Waals surface area contributed by atoms with E-state index in [9.17, 15) is 27.6 Å². The number of urea groups is 1. The maximum Gasteiger partial charge on any atom is 0.390 e. The fourth-order valence-electron chi connectivity index (χ4n) is 3.48. The molecule has 3 rings (SSSR count). The van der Waals surface area contributed by atoms with E-state index in [2.05, 4.69) is 5.32 Å². The van der Waals surface area contributed by atoms with Crippen LogP contribution >= 0.6 is 11.3 Å². The Morgan fingerprint density at radius 2 is 1.77 bits per heavy atom. The van der Waals surface area contributed by atoms with E-state index in [0.29, 0.717) is 23.5 Å². The van der Waals surface area contributed by atoms with Crippen LogP contribution in [0, 0.1) is 12.3 Å². The van der Waals surface area contributed by atoms with Crippen molar-refractivity contribution in [2.24, 2.45) is 5.41 Å². The van der Waals surface area contributed by atoms with E-state index in [1.54, 1.807) is 11.8 Å². The van der Waals surface area contributed by atoms with Crippen LogP contribution in [0.2, 0.25) is 0 Å². The minimum absolute atomic E-state index is 0.0891. The molecule has 0 spiro atoms. The van der Waals surface area contributed by atoms with Gasteiger partial charge in [-0.1, -0.05) is 20.8 Å². The molecule has 0 aliphatic carbocycles. The molecule has 0 unspecified atom stereocenters. The van der Waals surface area contributed by atoms with Gasteiger partial charge in [0, 0.05) is 31.1 Å². The van der Waals surface area contributed by atoms with E-state index < -0.39 is 35.8 Å². The van der Waals surface area contributed by atoms with Crippen molar-refractivity contribution < 1.29 is 18.0 Å². The summed E-state index contributed by atoms with van der Waals surface area (Å²) in [6.07, 6.45) is -5.60. The predicted molar refractivity (Wildman–Crippen MR) is 109 cm³/mol. The Kier molecular flexibility index (Phi) is 5.78. The highest BCUT2D eigenvalue weighted by atomic mass is 32.1. The summed E-state index contributed by atoms with van der Waals surface area (Å²) >= 11 is 1.11. The topological polar surface area (TPSA) is 76.3 Å². The van der Waals surface area contributed by atoms with Gasteiger partial charge in [-0.15, -0.1) is 11.3 Å². The van der Waals surface area contributed by atoms with Crippen LogP contribution in [-0.2, 0) is 19.6 Å². The lowest BCUT2D eigenvalue weighted by Gasteiger charge is -2.20. The summed E-state index contributed by atoms with van der Waals surface area (Å²) in [7, 11) is 0. The molecule has 166 valence electrons. The first-order valence-corrected chi connectivity index (χ1v) is 10.5. The third-order valence-corrected chi connectivity index (χ3v) is 6.22. The Morgan fingerprint density at radius 1 is 1.10 bits per heavy atom. The zero-order valence-electron chi connectivity index (χ0n) is 17.4. The molecule has 2 aromatic heterocycles. The fourth-order valence-corrected chi connectivity index (χ4v) is 4.81. The third-order valence-electron chi connectivity index (χ3n) is 4.92. The zero-order valence-corrected chi connectivity index (χ0v) is 18.2. The number of hydrogen-bond donors (Lipinski definition) is 1. The Balaban J connectivity index is 2.19. The van der Waals surface area contributed by atoms with E-state index in [-0.39, 0.29) is 29.3 Å². The van der Waals surface area contributed by atoms with Gasteiger partial charge in [0.2, 0.25) is 0 Å². The number of carbonyl (C=O) groups excluding carboxylic acids is 1. The highest BCUT2D eigenvalue weighted by Gasteiger charge is 2.30. The Bertz CT molecular complexity index is 1090. The second-order valence-electron chi connectivity index (χ2n) is 8.74. The quantitative estimate of drug-likeness (QED) is 0.767. The first-order valence-electron chi connectivity index (χ1n) is 9.63. The van der Waals surface area contributed by atoms with Gasteiger partial charge in [0.1, 0.15) is 4.83 Å². The molecule has 30 heavy (non-hydrogen) atoms. The number of hydrogen-bond acceptors (Lipinski definition) is 4. The molecule has 0 bridgehead atoms. The van der Waals surface area contributed by atoms with Crippen molar-refractivity contribution in [3.8, 4) is 0 Å². The SMILES string of the molecule is Cc1c(CN2CCNC2=O)sc2c1c(=O)n(CC(C)(C)C)c(=O)n2CCC(F)(F)F. The number of aryl methyl sites for hydroxylation is 2. The summed E-state index contributed by atoms with van der Waals surface area (Å²) in [4.78, 5) is 40.5. The number of alkyl halides is 3. The van der Waals surface area contributed by atoms with Crippen molar-refractivity contribution in [3.63, 3.8) is 0 Å². The molecule has 0 aromatic carbocycles. The summed E-state index contributed by atoms with van der Waals surface area (Å²) in [6, 6.07) is -0.230. The normalized spacial score (nSPS) is 15.3. The van der Waals surface area contributed by atoms with Gasteiger partial charge in [-0.25, -0.2) is 9.59 Å². The monoisotopic (exact) mass is 446 g/mol. The Labute approximate surface area is 175 Å². The first kappa shape index (κ1) is 22.4. The maximum atomic E-state index is 13.2. The van der Waals surface area contributed by atoms with Gasteiger partial charge in [-0.05, 0) is 17.9 Å². The molecule has 0 radical (unpaired) electrons. The standard InChI is InChI=1S/C19H25F3N4O3S/c1-11-12(9-24-8-6-23-16(24)28)30-15-13(11)14(27)26(10-18(2,3)4)17(29)25(15)7-5-19(20,21)22/h5-10H2,1-4H3,(H,23,28). The van der Waals surface area contributed by atoms with Gasteiger partial charge in [0.05, 0.1) is 18.4 Å². The molecule has 1 aliphatic heterocycles. The highest BCUT2D eigenvalue weighted by molar-refractivity contribution is 7.18. The second-order valence-corrected chi connectivity index (χ2v) is 9.82. The van der Waals surface area contributed by atoms with Gasteiger partial charge < -0.3 is 10.2 Å². The van der Waals surface area contributed by atoms with Crippen LogP contribution in [0.15, 0.2) is 9.59 Å². The van der Waals surface area contributed by atoms with E-state index in [1.807, 2.05) is 20.8 Å². The number of aromatic nitrogens is 2. The van der Waals surface area contributed by atoms with E-state index in [0.717, 1.165) is 20.5 Å². The van der Waals surface area contributed by atoms with Crippen LogP contribution in [0.3, 0.4) is 0 Å². The Morgan fingerprint density at radius 3 is 2.30 bits per heavy atom. The van der Waals surface area contributed by atoms with E-state index in [1.165, 1.54) is 0 Å². The minimum Gasteiger partial charge on any atom is -0.336 e. The van der Waals surface area contributed by atoms with Crippen LogP contribution in [0.4, 0.5) is 18.0 Å². The van der Waals surface area contributed by atoms with Crippen LogP contribution in [-0.4, -0.2) is 39.3 Å². The molecule has 11 heteroatoms. The van der Waals surface area contributed by atoms with Gasteiger partial charge in [-0.3, -0.25) is 13.9 Å². The summed E-state index contributed by atoms with van der Waals surface area (Å²) in [6.45, 7) is 8.04. The molecule has 2 aromatic rings. The van der Waals surface area contributed by atoms with Crippen molar-refractivity contribution in [3.05, 3.63) is 31.3 Å². The maximum absolute atomic E-state index is 13.2. The molecule has 0 saturated carbocycles. The molecule has 2 amide bonds. The van der Waals surface area contributed by atoms with Gasteiger partial charge in [0.25, 0.3) is 5.56 Å². The van der Waals surface area contributed by atoms with Gasteiger partial charge in [-0.2, -0.15) is 13.2 Å². The predicted octanol–water partition coefficient (Wildman–Crippen LogP) is 3.06. The summed E-state index contributed by atoms with van der Waals surface area (Å²) < 4.78 is 40.8. The van der Waals surface area contributed by atoms with E-state index >= 15 is 0 Å². The largest absolute Gasteiger partial charge is 0.390 e. The Hall–Kier alpha value is -2.30. The summed E-state index contributed by atoms with van der Waals surface area (Å²) in [5, 5.41) is 2.94. The number of halogens is 3. The van der Waals surface area contributed by atoms with Crippen molar-refractivity contribution in [1.29, 1.82) is 0 Å². The van der Waals surface area contributed by atoms with Crippen LogP contribution in [0.5, 0.6) is 0 Å². The van der Waals surface area contributed by atoms with Crippen LogP contribution in [0.1, 0.15) is 37.6 Å². The van der Waals surface area contributed by atoms with E-state index in [4.69, 9.17) is 0 Å². The number of nitrogens with one attached hydrogen (secondary N) is 1. The smallest absolute Gasteiger partial charge is 0.336 e. The van der Waals surface area contributed by atoms with Crippen molar-refractivity contribution in [2.45, 2.75) is 59.9 Å². The second kappa shape index (κ2) is 7.75. The third kappa shape index (κ3) is 4.55. The number of rotatable bonds is 5. The molecule has 1 aliphatic rings.